The lowest BCUT2D eigenvalue weighted by Gasteiger charge is -2.17. The molecule has 0 bridgehead atoms. The van der Waals surface area contributed by atoms with Crippen molar-refractivity contribution >= 4 is 5.91 Å². The van der Waals surface area contributed by atoms with Crippen LogP contribution in [0.3, 0.4) is 0 Å². The number of carbonyl (C=O) groups is 1. The minimum Gasteiger partial charge on any atom is -0.381 e. The van der Waals surface area contributed by atoms with Gasteiger partial charge in [-0.1, -0.05) is 13.8 Å². The minimum absolute atomic E-state index is 0.260. The fourth-order valence-corrected chi connectivity index (χ4v) is 1.45. The monoisotopic (exact) mass is 214 g/mol. The third-order valence-electron chi connectivity index (χ3n) is 2.48. The Morgan fingerprint density at radius 2 is 2.20 bits per heavy atom. The van der Waals surface area contributed by atoms with Gasteiger partial charge >= 0.3 is 0 Å². The van der Waals surface area contributed by atoms with Crippen LogP contribution in [0.15, 0.2) is 0 Å². The van der Waals surface area contributed by atoms with Crippen LogP contribution in [-0.4, -0.2) is 31.2 Å². The van der Waals surface area contributed by atoms with Gasteiger partial charge in [-0.05, 0) is 25.2 Å². The predicted octanol–water partition coefficient (Wildman–Crippen LogP) is 0.655. The van der Waals surface area contributed by atoms with Gasteiger partial charge in [0.2, 0.25) is 5.91 Å². The van der Waals surface area contributed by atoms with Crippen LogP contribution >= 0.6 is 0 Å². The summed E-state index contributed by atoms with van der Waals surface area (Å²) in [6.45, 7) is 5.46. The van der Waals surface area contributed by atoms with Crippen molar-refractivity contribution in [1.82, 2.24) is 5.32 Å². The van der Waals surface area contributed by atoms with E-state index in [1.165, 1.54) is 12.8 Å². The van der Waals surface area contributed by atoms with Gasteiger partial charge in [-0.15, -0.1) is 0 Å². The molecule has 1 aliphatic rings. The Balaban J connectivity index is 2.09. The average Bonchev–Trinajstić information content (AvgIpc) is 2.93. The molecule has 0 aliphatic heterocycles. The van der Waals surface area contributed by atoms with Crippen LogP contribution in [0.1, 0.15) is 33.1 Å². The Labute approximate surface area is 91.5 Å². The number of rotatable bonds is 8. The molecule has 4 heteroatoms. The number of carbonyl (C=O) groups excluding carboxylic acids is 1. The van der Waals surface area contributed by atoms with Crippen LogP contribution in [0, 0.1) is 5.92 Å². The first-order chi connectivity index (χ1) is 7.09. The maximum atomic E-state index is 11.1. The number of nitrogens with one attached hydrogen (secondary N) is 1. The third kappa shape index (κ3) is 5.74. The van der Waals surface area contributed by atoms with Crippen molar-refractivity contribution in [3.63, 3.8) is 0 Å². The minimum atomic E-state index is -0.293. The van der Waals surface area contributed by atoms with E-state index in [1.807, 2.05) is 13.8 Å². The summed E-state index contributed by atoms with van der Waals surface area (Å²) in [5.41, 5.74) is 5.28. The number of hydrogen-bond acceptors (Lipinski definition) is 3. The maximum Gasteiger partial charge on any atom is 0.234 e. The third-order valence-corrected chi connectivity index (χ3v) is 2.48. The van der Waals surface area contributed by atoms with Crippen LogP contribution in [0.4, 0.5) is 0 Å². The molecule has 1 atom stereocenters. The first kappa shape index (κ1) is 12.5. The van der Waals surface area contributed by atoms with Gasteiger partial charge in [-0.2, -0.15) is 0 Å². The Bertz CT molecular complexity index is 203. The number of nitrogens with two attached hydrogens (primary N) is 1. The highest BCUT2D eigenvalue weighted by Crippen LogP contribution is 2.28. The Kier molecular flexibility index (Phi) is 5.05. The number of ether oxygens (including phenoxy) is 1. The number of primary amides is 1. The highest BCUT2D eigenvalue weighted by molar-refractivity contribution is 5.79. The van der Waals surface area contributed by atoms with Gasteiger partial charge in [0.25, 0.3) is 0 Å². The molecule has 3 N–H and O–H groups in total. The van der Waals surface area contributed by atoms with Crippen molar-refractivity contribution < 1.29 is 9.53 Å². The maximum absolute atomic E-state index is 11.1. The van der Waals surface area contributed by atoms with Gasteiger partial charge in [-0.25, -0.2) is 0 Å². The lowest BCUT2D eigenvalue weighted by molar-refractivity contribution is -0.120. The average molecular weight is 214 g/mol. The summed E-state index contributed by atoms with van der Waals surface area (Å²) in [5.74, 6) is 0.480. The first-order valence-corrected chi connectivity index (χ1v) is 5.72. The predicted molar refractivity (Wildman–Crippen MR) is 59.4 cm³/mol. The molecular weight excluding hydrogens is 192 g/mol. The van der Waals surface area contributed by atoms with Crippen molar-refractivity contribution in [3.8, 4) is 0 Å². The smallest absolute Gasteiger partial charge is 0.234 e. The summed E-state index contributed by atoms with van der Waals surface area (Å²) in [6, 6.07) is 0.00938. The van der Waals surface area contributed by atoms with Gasteiger partial charge in [0.1, 0.15) is 0 Å². The second-order valence-electron chi connectivity index (χ2n) is 4.58. The van der Waals surface area contributed by atoms with Crippen LogP contribution in [0.2, 0.25) is 0 Å². The lowest BCUT2D eigenvalue weighted by atomic mass is 10.2. The zero-order valence-corrected chi connectivity index (χ0v) is 9.66. The van der Waals surface area contributed by atoms with E-state index in [0.29, 0.717) is 13.0 Å². The fraction of sp³-hybridized carbons (Fsp3) is 0.909. The zero-order valence-electron chi connectivity index (χ0n) is 9.66. The van der Waals surface area contributed by atoms with Crippen LogP contribution in [0.5, 0.6) is 0 Å². The summed E-state index contributed by atoms with van der Waals surface area (Å²) in [4.78, 5) is 11.1. The molecule has 1 unspecified atom stereocenters. The molecule has 0 radical (unpaired) electrons. The Morgan fingerprint density at radius 3 is 2.67 bits per heavy atom. The molecular formula is C11H22N2O2. The van der Waals surface area contributed by atoms with E-state index in [4.69, 9.17) is 10.5 Å². The number of amides is 1. The van der Waals surface area contributed by atoms with Crippen molar-refractivity contribution in [2.75, 3.05) is 13.2 Å². The van der Waals surface area contributed by atoms with Crippen LogP contribution in [-0.2, 0) is 9.53 Å². The van der Waals surface area contributed by atoms with E-state index >= 15 is 0 Å². The van der Waals surface area contributed by atoms with Gasteiger partial charge in [0.15, 0.2) is 0 Å². The number of hydrogen-bond donors (Lipinski definition) is 2. The van der Waals surface area contributed by atoms with Crippen molar-refractivity contribution in [1.29, 1.82) is 0 Å². The molecule has 1 aliphatic carbocycles. The topological polar surface area (TPSA) is 64.3 Å². The molecule has 88 valence electrons. The van der Waals surface area contributed by atoms with Gasteiger partial charge < -0.3 is 15.8 Å². The Morgan fingerprint density at radius 1 is 1.53 bits per heavy atom. The lowest BCUT2D eigenvalue weighted by Crippen LogP contribution is -2.45. The van der Waals surface area contributed by atoms with Crippen molar-refractivity contribution in [2.24, 2.45) is 11.7 Å². The quantitative estimate of drug-likeness (QED) is 0.583. The summed E-state index contributed by atoms with van der Waals surface area (Å²) >= 11 is 0. The molecule has 0 aromatic rings. The molecule has 0 spiro atoms. The molecule has 1 fully saturated rings. The summed E-state index contributed by atoms with van der Waals surface area (Å²) in [5, 5.41) is 3.13. The van der Waals surface area contributed by atoms with E-state index < -0.39 is 0 Å². The highest BCUT2D eigenvalue weighted by atomic mass is 16.5. The fourth-order valence-electron chi connectivity index (χ4n) is 1.45. The van der Waals surface area contributed by atoms with E-state index in [0.717, 1.165) is 12.5 Å². The second-order valence-corrected chi connectivity index (χ2v) is 4.58. The van der Waals surface area contributed by atoms with Gasteiger partial charge in [0.05, 0.1) is 6.04 Å². The summed E-state index contributed by atoms with van der Waals surface area (Å²) in [7, 11) is 0. The standard InChI is InChI=1S/C11H22N2O2/c1-8(2)13-10(11(12)14)5-6-15-7-9-3-4-9/h8-10,13H,3-7H2,1-2H3,(H2,12,14). The van der Waals surface area contributed by atoms with E-state index in [-0.39, 0.29) is 18.0 Å². The van der Waals surface area contributed by atoms with E-state index in [2.05, 4.69) is 5.32 Å². The molecule has 15 heavy (non-hydrogen) atoms. The van der Waals surface area contributed by atoms with Gasteiger partial charge in [0, 0.05) is 19.3 Å². The molecule has 0 aromatic heterocycles. The molecule has 1 rings (SSSR count). The largest absolute Gasteiger partial charge is 0.381 e. The summed E-state index contributed by atoms with van der Waals surface area (Å²) in [6.07, 6.45) is 3.26. The molecule has 1 saturated carbocycles. The summed E-state index contributed by atoms with van der Waals surface area (Å²) < 4.78 is 5.47. The molecule has 0 aromatic carbocycles. The Hall–Kier alpha value is -0.610. The molecule has 4 nitrogen and oxygen atoms in total. The van der Waals surface area contributed by atoms with Crippen molar-refractivity contribution in [2.45, 2.75) is 45.2 Å². The van der Waals surface area contributed by atoms with Gasteiger partial charge in [-0.3, -0.25) is 4.79 Å². The highest BCUT2D eigenvalue weighted by Gasteiger charge is 2.21. The molecule has 1 amide bonds. The molecule has 0 heterocycles. The zero-order chi connectivity index (χ0) is 11.3. The SMILES string of the molecule is CC(C)NC(CCOCC1CC1)C(N)=O. The van der Waals surface area contributed by atoms with Crippen LogP contribution < -0.4 is 11.1 Å². The van der Waals surface area contributed by atoms with Crippen LogP contribution in [0.25, 0.3) is 0 Å². The van der Waals surface area contributed by atoms with E-state index in [9.17, 15) is 4.79 Å². The first-order valence-electron chi connectivity index (χ1n) is 5.72. The molecule has 0 saturated heterocycles. The van der Waals surface area contributed by atoms with Crippen molar-refractivity contribution in [3.05, 3.63) is 0 Å². The normalized spacial score (nSPS) is 18.1. The second kappa shape index (κ2) is 6.08. The van der Waals surface area contributed by atoms with E-state index in [1.54, 1.807) is 0 Å².